The van der Waals surface area contributed by atoms with Crippen LogP contribution in [0.15, 0.2) is 0 Å². The SMILES string of the molecule is CC.Cc1c(F)c(F)c(F)c(F)c1Cl. The highest BCUT2D eigenvalue weighted by molar-refractivity contribution is 6.31. The summed E-state index contributed by atoms with van der Waals surface area (Å²) >= 11 is 5.14. The molecule has 0 heterocycles. The van der Waals surface area contributed by atoms with Gasteiger partial charge in [0.05, 0.1) is 5.02 Å². The Hall–Kier alpha value is -0.770. The van der Waals surface area contributed by atoms with Gasteiger partial charge in [0.2, 0.25) is 0 Å². The van der Waals surface area contributed by atoms with E-state index in [1.54, 1.807) is 0 Å². The lowest BCUT2D eigenvalue weighted by molar-refractivity contribution is 0.406. The first-order valence-corrected chi connectivity index (χ1v) is 4.32. The molecule has 0 unspecified atom stereocenters. The second-order valence-corrected chi connectivity index (χ2v) is 2.57. The Morgan fingerprint density at radius 3 is 1.57 bits per heavy atom. The average Bonchev–Trinajstić information content (AvgIpc) is 2.24. The van der Waals surface area contributed by atoms with Crippen molar-refractivity contribution in [2.24, 2.45) is 0 Å². The first kappa shape index (κ1) is 13.2. The maximum atomic E-state index is 12.6. The van der Waals surface area contributed by atoms with Crippen LogP contribution in [-0.2, 0) is 0 Å². The maximum absolute atomic E-state index is 12.6. The molecule has 0 radical (unpaired) electrons. The van der Waals surface area contributed by atoms with E-state index in [0.717, 1.165) is 6.92 Å². The lowest BCUT2D eigenvalue weighted by Crippen LogP contribution is -1.99. The van der Waals surface area contributed by atoms with Crippen LogP contribution in [0, 0.1) is 30.2 Å². The molecule has 5 heteroatoms. The number of benzene rings is 1. The molecule has 0 N–H and O–H groups in total. The minimum Gasteiger partial charge on any atom is -0.203 e. The third kappa shape index (κ3) is 2.18. The molecule has 0 saturated heterocycles. The van der Waals surface area contributed by atoms with Crippen LogP contribution in [-0.4, -0.2) is 0 Å². The minimum atomic E-state index is -1.89. The molecule has 1 aromatic carbocycles. The normalized spacial score (nSPS) is 9.43. The molecule has 80 valence electrons. The highest BCUT2D eigenvalue weighted by atomic mass is 35.5. The second-order valence-electron chi connectivity index (χ2n) is 2.19. The van der Waals surface area contributed by atoms with Crippen molar-refractivity contribution in [3.8, 4) is 0 Å². The van der Waals surface area contributed by atoms with Crippen molar-refractivity contribution in [2.75, 3.05) is 0 Å². The summed E-state index contributed by atoms with van der Waals surface area (Å²) in [7, 11) is 0. The summed E-state index contributed by atoms with van der Waals surface area (Å²) in [6.07, 6.45) is 0. The highest BCUT2D eigenvalue weighted by Gasteiger charge is 2.21. The molecule has 0 saturated carbocycles. The van der Waals surface area contributed by atoms with Gasteiger partial charge in [-0.05, 0) is 6.92 Å². The number of hydrogen-bond donors (Lipinski definition) is 0. The molecule has 0 amide bonds. The van der Waals surface area contributed by atoms with Crippen LogP contribution >= 0.6 is 11.6 Å². The lowest BCUT2D eigenvalue weighted by atomic mass is 10.2. The molecule has 1 aromatic rings. The maximum Gasteiger partial charge on any atom is 0.199 e. The van der Waals surface area contributed by atoms with Crippen LogP contribution < -0.4 is 0 Å². The van der Waals surface area contributed by atoms with Gasteiger partial charge in [-0.15, -0.1) is 0 Å². The fraction of sp³-hybridized carbons (Fsp3) is 0.333. The van der Waals surface area contributed by atoms with Crippen molar-refractivity contribution >= 4 is 11.6 Å². The molecule has 0 fully saturated rings. The van der Waals surface area contributed by atoms with E-state index < -0.39 is 33.9 Å². The highest BCUT2D eigenvalue weighted by Crippen LogP contribution is 2.26. The molecular formula is C9H9ClF4. The third-order valence-corrected chi connectivity index (χ3v) is 1.88. The van der Waals surface area contributed by atoms with E-state index in [1.807, 2.05) is 13.8 Å². The summed E-state index contributed by atoms with van der Waals surface area (Å²) < 4.78 is 49.8. The van der Waals surface area contributed by atoms with Gasteiger partial charge in [0, 0.05) is 5.56 Å². The van der Waals surface area contributed by atoms with Crippen molar-refractivity contribution in [2.45, 2.75) is 20.8 Å². The van der Waals surface area contributed by atoms with E-state index in [0.29, 0.717) is 0 Å². The molecule has 0 aliphatic heterocycles. The summed E-state index contributed by atoms with van der Waals surface area (Å²) in [5.74, 6) is -6.75. The molecule has 0 spiro atoms. The van der Waals surface area contributed by atoms with Crippen LogP contribution in [0.1, 0.15) is 19.4 Å². The fourth-order valence-electron chi connectivity index (χ4n) is 0.715. The van der Waals surface area contributed by atoms with Gasteiger partial charge in [0.1, 0.15) is 0 Å². The van der Waals surface area contributed by atoms with Crippen LogP contribution in [0.3, 0.4) is 0 Å². The minimum absolute atomic E-state index is 0.437. The zero-order chi connectivity index (χ0) is 11.5. The van der Waals surface area contributed by atoms with E-state index >= 15 is 0 Å². The molecule has 1 rings (SSSR count). The van der Waals surface area contributed by atoms with Gasteiger partial charge in [0.15, 0.2) is 23.3 Å². The summed E-state index contributed by atoms with van der Waals surface area (Å²) in [6, 6.07) is 0. The van der Waals surface area contributed by atoms with Crippen LogP contribution in [0.5, 0.6) is 0 Å². The van der Waals surface area contributed by atoms with Crippen LogP contribution in [0.2, 0.25) is 5.02 Å². The largest absolute Gasteiger partial charge is 0.203 e. The first-order valence-electron chi connectivity index (χ1n) is 3.94. The Morgan fingerprint density at radius 2 is 1.14 bits per heavy atom. The molecule has 14 heavy (non-hydrogen) atoms. The van der Waals surface area contributed by atoms with E-state index in [2.05, 4.69) is 0 Å². The van der Waals surface area contributed by atoms with Gasteiger partial charge in [0.25, 0.3) is 0 Å². The van der Waals surface area contributed by atoms with Crippen molar-refractivity contribution in [3.63, 3.8) is 0 Å². The number of hydrogen-bond acceptors (Lipinski definition) is 0. The van der Waals surface area contributed by atoms with Crippen molar-refractivity contribution in [1.82, 2.24) is 0 Å². The van der Waals surface area contributed by atoms with Gasteiger partial charge >= 0.3 is 0 Å². The average molecular weight is 229 g/mol. The Kier molecular flexibility index (Phi) is 4.91. The van der Waals surface area contributed by atoms with Crippen molar-refractivity contribution in [1.29, 1.82) is 0 Å². The molecule has 0 nitrogen and oxygen atoms in total. The second kappa shape index (κ2) is 5.20. The predicted octanol–water partition coefficient (Wildman–Crippen LogP) is 4.23. The predicted molar refractivity (Wildman–Crippen MR) is 47.4 cm³/mol. The quantitative estimate of drug-likeness (QED) is 0.354. The van der Waals surface area contributed by atoms with Crippen molar-refractivity contribution in [3.05, 3.63) is 33.9 Å². The van der Waals surface area contributed by atoms with E-state index in [1.165, 1.54) is 0 Å². The van der Waals surface area contributed by atoms with Gasteiger partial charge < -0.3 is 0 Å². The summed E-state index contributed by atoms with van der Waals surface area (Å²) in [6.45, 7) is 5.06. The summed E-state index contributed by atoms with van der Waals surface area (Å²) in [5.41, 5.74) is -0.437. The number of halogens is 5. The van der Waals surface area contributed by atoms with Crippen LogP contribution in [0.4, 0.5) is 17.6 Å². The molecule has 0 aromatic heterocycles. The van der Waals surface area contributed by atoms with E-state index in [-0.39, 0.29) is 0 Å². The van der Waals surface area contributed by atoms with Gasteiger partial charge in [-0.1, -0.05) is 25.4 Å². The molecule has 0 aliphatic carbocycles. The van der Waals surface area contributed by atoms with E-state index in [4.69, 9.17) is 11.6 Å². The Balaban J connectivity index is 0.000000791. The topological polar surface area (TPSA) is 0 Å². The standard InChI is InChI=1S/C7H3ClF4.C2H6/c1-2-3(8)5(10)7(12)6(11)4(2)9;1-2/h1H3;1-2H3. The summed E-state index contributed by atoms with van der Waals surface area (Å²) in [5, 5.41) is -0.730. The Bertz CT molecular complexity index is 231. The van der Waals surface area contributed by atoms with Gasteiger partial charge in [-0.2, -0.15) is 0 Å². The molecule has 0 aliphatic rings. The van der Waals surface area contributed by atoms with E-state index in [9.17, 15) is 17.6 Å². The summed E-state index contributed by atoms with van der Waals surface area (Å²) in [4.78, 5) is 0. The van der Waals surface area contributed by atoms with Gasteiger partial charge in [-0.3, -0.25) is 0 Å². The number of rotatable bonds is 0. The smallest absolute Gasteiger partial charge is 0.199 e. The van der Waals surface area contributed by atoms with Crippen molar-refractivity contribution < 1.29 is 17.6 Å². The molecule has 0 bridgehead atoms. The molecule has 0 atom stereocenters. The third-order valence-electron chi connectivity index (χ3n) is 1.43. The molecular weight excluding hydrogens is 220 g/mol. The lowest BCUT2D eigenvalue weighted by Gasteiger charge is -2.03. The first-order chi connectivity index (χ1) is 6.46. The van der Waals surface area contributed by atoms with Crippen LogP contribution in [0.25, 0.3) is 0 Å². The Labute approximate surface area is 84.5 Å². The zero-order valence-electron chi connectivity index (χ0n) is 7.89. The zero-order valence-corrected chi connectivity index (χ0v) is 8.65. The monoisotopic (exact) mass is 228 g/mol. The Morgan fingerprint density at radius 1 is 0.786 bits per heavy atom. The fourth-order valence-corrected chi connectivity index (χ4v) is 0.881. The van der Waals surface area contributed by atoms with Gasteiger partial charge in [-0.25, -0.2) is 17.6 Å².